The van der Waals surface area contributed by atoms with Crippen LogP contribution in [0, 0.1) is 27.4 Å². The van der Waals surface area contributed by atoms with E-state index < -0.39 is 5.92 Å². The third kappa shape index (κ3) is 17.8. The second kappa shape index (κ2) is 26.0. The zero-order valence-corrected chi connectivity index (χ0v) is 51.6. The van der Waals surface area contributed by atoms with Crippen molar-refractivity contribution in [3.05, 3.63) is 114 Å². The van der Waals surface area contributed by atoms with Gasteiger partial charge in [0.15, 0.2) is 0 Å². The molecule has 0 aliphatic carbocycles. The van der Waals surface area contributed by atoms with Gasteiger partial charge in [-0.05, 0) is 65.9 Å². The molecule has 0 aromatic heterocycles. The Morgan fingerprint density at radius 1 is 0.450 bits per heavy atom. The number of rotatable bonds is 3. The Bertz CT molecular complexity index is 1500. The van der Waals surface area contributed by atoms with E-state index in [1.54, 1.807) is 20.8 Å². The topological polar surface area (TPSA) is 69.9 Å². The average Bonchev–Trinajstić information content (AvgIpc) is 3.67. The molecule has 1 heterocycles. The van der Waals surface area contributed by atoms with Crippen molar-refractivity contribution in [2.24, 2.45) is 0 Å². The standard InChI is InChI=1S/C43H64O3.C4H7O.3C2H5.3Zn/c1-38(2,3)25-19-28(35(44)31(22-25)41(10,11)12)34(29-20-26(39(4,5)6)23-32(36(29)45)42(13,14)15)30-21-27(40(7,8)9)24-33(37(30)46)43(16,17)18;1-2-4-5-3-1;3*1-2;;;/h19-24,34,44-46H,1-18H3;3H,1-2,4H2;3*1H2,2H3;;;/q;4*-1;;;+2. The van der Waals surface area contributed by atoms with E-state index in [1.807, 2.05) is 6.61 Å². The first-order valence-electron chi connectivity index (χ1n) is 21.1. The van der Waals surface area contributed by atoms with E-state index in [2.05, 4.69) is 182 Å². The maximum atomic E-state index is 12.3. The number of hydrogen-bond acceptors (Lipinski definition) is 4. The van der Waals surface area contributed by atoms with E-state index in [1.165, 1.54) is 6.42 Å². The molecule has 60 heavy (non-hydrogen) atoms. The molecule has 330 valence electrons. The molecule has 1 fully saturated rings. The van der Waals surface area contributed by atoms with E-state index in [0.29, 0.717) is 16.7 Å². The molecular formula is C53H86O4Zn3-2. The Morgan fingerprint density at radius 3 is 0.817 bits per heavy atom. The molecule has 0 saturated carbocycles. The molecule has 1 saturated heterocycles. The first-order chi connectivity index (χ1) is 25.9. The van der Waals surface area contributed by atoms with Gasteiger partial charge in [0.2, 0.25) is 0 Å². The van der Waals surface area contributed by atoms with Crippen molar-refractivity contribution >= 4 is 0 Å². The predicted octanol–water partition coefficient (Wildman–Crippen LogP) is 15.2. The Hall–Kier alpha value is -1.11. The molecule has 0 amide bonds. The quantitative estimate of drug-likeness (QED) is 0.139. The van der Waals surface area contributed by atoms with E-state index in [0.717, 1.165) is 46.4 Å². The molecule has 4 rings (SSSR count). The van der Waals surface area contributed by atoms with Gasteiger partial charge in [-0.15, -0.1) is 0 Å². The first-order valence-corrected chi connectivity index (χ1v) is 21.1. The van der Waals surface area contributed by atoms with Crippen molar-refractivity contribution < 1.29 is 78.5 Å². The number of aromatic hydroxyl groups is 3. The molecule has 3 N–H and O–H groups in total. The normalized spacial score (nSPS) is 12.9. The number of ether oxygens (including phenoxy) is 1. The SMILES string of the molecule is CC(C)(C)c1cc(C(c2cc(C(C)(C)C)cc(C(C)(C)C)c2O)c2cc(C(C)(C)C)cc(C(C)(C)C)c2O)c(O)c(C(C)(C)C)c1.[CH-]1CCCO1.[CH2-]C.[CH2-]C.[CH2-]C.[Zn+2].[Zn].[Zn]. The molecule has 3 aromatic rings. The summed E-state index contributed by atoms with van der Waals surface area (Å²) in [6, 6.07) is 12.7. The van der Waals surface area contributed by atoms with Crippen molar-refractivity contribution in [3.8, 4) is 17.2 Å². The molecule has 0 radical (unpaired) electrons. The van der Waals surface area contributed by atoms with Crippen LogP contribution in [0.1, 0.15) is 214 Å². The number of hydrogen-bond donors (Lipinski definition) is 3. The molecule has 1 aliphatic heterocycles. The van der Waals surface area contributed by atoms with Gasteiger partial charge >= 0.3 is 19.5 Å². The second-order valence-corrected chi connectivity index (χ2v) is 21.0. The fourth-order valence-electron chi connectivity index (χ4n) is 6.56. The summed E-state index contributed by atoms with van der Waals surface area (Å²) in [6.45, 7) is 56.6. The fourth-order valence-corrected chi connectivity index (χ4v) is 6.56. The fraction of sp³-hybridized carbons (Fsp3) is 0.585. The predicted molar refractivity (Wildman–Crippen MR) is 250 cm³/mol. The van der Waals surface area contributed by atoms with Gasteiger partial charge < -0.3 is 40.8 Å². The van der Waals surface area contributed by atoms with Gasteiger partial charge in [-0.1, -0.05) is 167 Å². The third-order valence-corrected chi connectivity index (χ3v) is 10.1. The van der Waals surface area contributed by atoms with Crippen molar-refractivity contribution in [1.29, 1.82) is 0 Å². The van der Waals surface area contributed by atoms with Crippen LogP contribution in [0.2, 0.25) is 0 Å². The summed E-state index contributed by atoms with van der Waals surface area (Å²) >= 11 is 0. The van der Waals surface area contributed by atoms with Crippen molar-refractivity contribution in [3.63, 3.8) is 0 Å². The Kier molecular flexibility index (Phi) is 28.4. The zero-order valence-electron chi connectivity index (χ0n) is 42.7. The largest absolute Gasteiger partial charge is 2.00 e. The van der Waals surface area contributed by atoms with Crippen LogP contribution in [0.5, 0.6) is 17.2 Å². The minimum absolute atomic E-state index is 0. The Morgan fingerprint density at radius 2 is 0.683 bits per heavy atom. The van der Waals surface area contributed by atoms with Crippen molar-refractivity contribution in [1.82, 2.24) is 0 Å². The maximum Gasteiger partial charge on any atom is 2.00 e. The summed E-state index contributed by atoms with van der Waals surface area (Å²) in [4.78, 5) is 0. The van der Waals surface area contributed by atoms with Crippen molar-refractivity contribution in [2.75, 3.05) is 6.61 Å². The molecule has 1 aliphatic rings. The summed E-state index contributed by atoms with van der Waals surface area (Å²) in [5, 5.41) is 37.0. The molecule has 0 spiro atoms. The van der Waals surface area contributed by atoms with Crippen LogP contribution >= 0.6 is 0 Å². The van der Waals surface area contributed by atoms with E-state index >= 15 is 0 Å². The average molecular weight is 983 g/mol. The second-order valence-electron chi connectivity index (χ2n) is 21.0. The summed E-state index contributed by atoms with van der Waals surface area (Å²) in [7, 11) is 0. The number of phenolic OH excluding ortho intramolecular Hbond substituents is 3. The molecular weight excluding hydrogens is 897 g/mol. The van der Waals surface area contributed by atoms with E-state index in [9.17, 15) is 15.3 Å². The van der Waals surface area contributed by atoms with Gasteiger partial charge in [0.1, 0.15) is 17.2 Å². The van der Waals surface area contributed by atoms with Crippen LogP contribution in [0.25, 0.3) is 0 Å². The molecule has 4 nitrogen and oxygen atoms in total. The maximum absolute atomic E-state index is 12.3. The van der Waals surface area contributed by atoms with Crippen LogP contribution in [0.4, 0.5) is 0 Å². The summed E-state index contributed by atoms with van der Waals surface area (Å²) in [6.07, 6.45) is 2.38. The first kappa shape index (κ1) is 65.5. The number of benzene rings is 3. The van der Waals surface area contributed by atoms with Gasteiger partial charge in [-0.2, -0.15) is 27.2 Å². The smallest absolute Gasteiger partial charge is 0.552 e. The number of phenols is 3. The summed E-state index contributed by atoms with van der Waals surface area (Å²) in [5.41, 5.74) is 6.29. The summed E-state index contributed by atoms with van der Waals surface area (Å²) in [5.74, 6) is -0.0149. The van der Waals surface area contributed by atoms with Crippen LogP contribution in [0.3, 0.4) is 0 Å². The van der Waals surface area contributed by atoms with Crippen molar-refractivity contribution in [2.45, 2.75) is 197 Å². The van der Waals surface area contributed by atoms with Crippen LogP contribution in [-0.2, 0) is 95.7 Å². The van der Waals surface area contributed by atoms with Crippen LogP contribution in [-0.4, -0.2) is 21.9 Å². The molecule has 7 heteroatoms. The Labute approximate surface area is 409 Å². The Balaban J connectivity index is -0.000001000. The van der Waals surface area contributed by atoms with Gasteiger partial charge in [-0.3, -0.25) is 0 Å². The minimum atomic E-state index is -0.643. The van der Waals surface area contributed by atoms with E-state index in [4.69, 9.17) is 4.74 Å². The van der Waals surface area contributed by atoms with Crippen LogP contribution in [0.15, 0.2) is 36.4 Å². The third-order valence-electron chi connectivity index (χ3n) is 10.1. The molecule has 3 aromatic carbocycles. The zero-order chi connectivity index (χ0) is 45.3. The van der Waals surface area contributed by atoms with Gasteiger partial charge in [0.05, 0.1) is 0 Å². The molecule has 0 bridgehead atoms. The molecule has 0 unspecified atom stereocenters. The van der Waals surface area contributed by atoms with Gasteiger partial charge in [0.25, 0.3) is 0 Å². The monoisotopic (exact) mass is 978 g/mol. The molecule has 0 atom stereocenters. The van der Waals surface area contributed by atoms with Crippen LogP contribution < -0.4 is 0 Å². The summed E-state index contributed by atoms with van der Waals surface area (Å²) < 4.78 is 4.82. The van der Waals surface area contributed by atoms with E-state index in [-0.39, 0.29) is 108 Å². The van der Waals surface area contributed by atoms with Gasteiger partial charge in [-0.25, -0.2) is 6.61 Å². The van der Waals surface area contributed by atoms with Gasteiger partial charge in [0, 0.05) is 68.2 Å². The minimum Gasteiger partial charge on any atom is -0.552 e.